The maximum atomic E-state index is 13.4. The minimum atomic E-state index is -0.783. The smallest absolute Gasteiger partial charge is 0.344 e. The van der Waals surface area contributed by atoms with Gasteiger partial charge in [0.15, 0.2) is 12.4 Å². The van der Waals surface area contributed by atoms with Gasteiger partial charge in [-0.2, -0.15) is 0 Å². The van der Waals surface area contributed by atoms with Crippen LogP contribution in [-0.4, -0.2) is 43.8 Å². The molecule has 0 saturated carbocycles. The summed E-state index contributed by atoms with van der Waals surface area (Å²) in [5, 5.41) is 0.241. The van der Waals surface area contributed by atoms with Crippen LogP contribution in [0.15, 0.2) is 53.0 Å². The summed E-state index contributed by atoms with van der Waals surface area (Å²) in [4.78, 5) is 42.4. The SMILES string of the molecule is CCOC(=O)COc1ccc(C2C3=C(N=C(C)C2C(=O)OC)c2ccccc2C3=O)cc1Cl. The molecule has 2 unspecified atom stereocenters. The minimum Gasteiger partial charge on any atom is -0.480 e. The van der Waals surface area contributed by atoms with Crippen LogP contribution in [-0.2, 0) is 19.1 Å². The highest BCUT2D eigenvalue weighted by molar-refractivity contribution is 6.32. The lowest BCUT2D eigenvalue weighted by Gasteiger charge is -2.30. The van der Waals surface area contributed by atoms with Crippen LogP contribution in [0.5, 0.6) is 5.75 Å². The molecule has 8 heteroatoms. The molecule has 0 radical (unpaired) electrons. The highest BCUT2D eigenvalue weighted by Crippen LogP contribution is 2.48. The van der Waals surface area contributed by atoms with Gasteiger partial charge in [0.1, 0.15) is 11.7 Å². The van der Waals surface area contributed by atoms with E-state index in [9.17, 15) is 14.4 Å². The number of methoxy groups -OCH3 is 1. The van der Waals surface area contributed by atoms with Crippen molar-refractivity contribution >= 4 is 40.7 Å². The van der Waals surface area contributed by atoms with Crippen molar-refractivity contribution in [1.29, 1.82) is 0 Å². The van der Waals surface area contributed by atoms with Gasteiger partial charge < -0.3 is 14.2 Å². The van der Waals surface area contributed by atoms with Gasteiger partial charge in [-0.05, 0) is 31.5 Å². The van der Waals surface area contributed by atoms with Gasteiger partial charge in [0.2, 0.25) is 0 Å². The molecule has 0 N–H and O–H groups in total. The molecule has 0 bridgehead atoms. The molecule has 2 aliphatic rings. The second-order valence-electron chi connectivity index (χ2n) is 7.65. The molecule has 0 saturated heterocycles. The fraction of sp³-hybridized carbons (Fsp3) is 0.280. The Bertz CT molecular complexity index is 1220. The summed E-state index contributed by atoms with van der Waals surface area (Å²) in [6.07, 6.45) is 0. The standard InChI is InChI=1S/C25H22ClNO6/c1-4-32-19(28)12-33-18-10-9-14(11-17(18)26)21-20(25(30)31-3)13(2)27-23-15-7-5-6-8-16(15)24(29)22(21)23/h5-11,20-21H,4,12H2,1-3H3. The summed E-state index contributed by atoms with van der Waals surface area (Å²) in [6, 6.07) is 12.2. The molecule has 0 fully saturated rings. The molecular weight excluding hydrogens is 446 g/mol. The number of ether oxygens (including phenoxy) is 3. The highest BCUT2D eigenvalue weighted by atomic mass is 35.5. The van der Waals surface area contributed by atoms with Crippen molar-refractivity contribution in [2.75, 3.05) is 20.3 Å². The Balaban J connectivity index is 1.76. The van der Waals surface area contributed by atoms with Crippen molar-refractivity contribution in [2.24, 2.45) is 10.9 Å². The molecular formula is C25H22ClNO6. The fourth-order valence-electron chi connectivity index (χ4n) is 4.31. The van der Waals surface area contributed by atoms with Crippen molar-refractivity contribution in [3.05, 3.63) is 69.8 Å². The number of hydrogen-bond donors (Lipinski definition) is 0. The van der Waals surface area contributed by atoms with Crippen molar-refractivity contribution in [2.45, 2.75) is 19.8 Å². The number of hydrogen-bond acceptors (Lipinski definition) is 7. The van der Waals surface area contributed by atoms with E-state index in [1.54, 1.807) is 44.2 Å². The molecule has 1 aliphatic carbocycles. The third kappa shape index (κ3) is 4.04. The van der Waals surface area contributed by atoms with Crippen LogP contribution >= 0.6 is 11.6 Å². The number of Topliss-reactive ketones (excluding diaryl/α,β-unsaturated/α-hetero) is 1. The second kappa shape index (κ2) is 9.19. The van der Waals surface area contributed by atoms with Crippen LogP contribution in [0.4, 0.5) is 0 Å². The fourth-order valence-corrected chi connectivity index (χ4v) is 4.55. The number of carbonyl (C=O) groups excluding carboxylic acids is 3. The number of benzene rings is 2. The van der Waals surface area contributed by atoms with Crippen LogP contribution in [0.1, 0.15) is 41.3 Å². The number of nitrogens with zero attached hydrogens (tertiary/aromatic N) is 1. The van der Waals surface area contributed by atoms with Gasteiger partial charge in [-0.1, -0.05) is 41.9 Å². The van der Waals surface area contributed by atoms with Crippen molar-refractivity contribution in [1.82, 2.24) is 0 Å². The molecule has 2 aromatic carbocycles. The Morgan fingerprint density at radius 2 is 1.85 bits per heavy atom. The lowest BCUT2D eigenvalue weighted by Crippen LogP contribution is -2.34. The number of ketones is 1. The van der Waals surface area contributed by atoms with Gasteiger partial charge >= 0.3 is 11.9 Å². The summed E-state index contributed by atoms with van der Waals surface area (Å²) in [7, 11) is 1.31. The number of fused-ring (bicyclic) bond motifs is 2. The van der Waals surface area contributed by atoms with E-state index in [0.29, 0.717) is 33.9 Å². The maximum absolute atomic E-state index is 13.4. The van der Waals surface area contributed by atoms with Crippen LogP contribution in [0.3, 0.4) is 0 Å². The van der Waals surface area contributed by atoms with E-state index in [1.807, 2.05) is 12.1 Å². The molecule has 2 atom stereocenters. The summed E-state index contributed by atoms with van der Waals surface area (Å²) in [5.74, 6) is -2.30. The first-order chi connectivity index (χ1) is 15.9. The number of rotatable bonds is 6. The van der Waals surface area contributed by atoms with E-state index >= 15 is 0 Å². The van der Waals surface area contributed by atoms with E-state index in [2.05, 4.69) is 4.99 Å². The number of allylic oxidation sites excluding steroid dienone is 1. The zero-order chi connectivity index (χ0) is 23.7. The van der Waals surface area contributed by atoms with Crippen LogP contribution in [0.25, 0.3) is 5.70 Å². The van der Waals surface area contributed by atoms with Crippen LogP contribution in [0.2, 0.25) is 5.02 Å². The highest BCUT2D eigenvalue weighted by Gasteiger charge is 2.46. The Morgan fingerprint density at radius 3 is 2.52 bits per heavy atom. The average molecular weight is 468 g/mol. The maximum Gasteiger partial charge on any atom is 0.344 e. The van der Waals surface area contributed by atoms with E-state index in [-0.39, 0.29) is 24.0 Å². The predicted molar refractivity (Wildman–Crippen MR) is 123 cm³/mol. The number of carbonyl (C=O) groups is 3. The molecule has 7 nitrogen and oxygen atoms in total. The summed E-state index contributed by atoms with van der Waals surface area (Å²) in [6.45, 7) is 3.43. The molecule has 1 heterocycles. The Morgan fingerprint density at radius 1 is 1.12 bits per heavy atom. The molecule has 2 aromatic rings. The van der Waals surface area contributed by atoms with Gasteiger partial charge in [-0.3, -0.25) is 14.6 Å². The van der Waals surface area contributed by atoms with Crippen LogP contribution < -0.4 is 4.74 Å². The molecule has 0 amide bonds. The monoisotopic (exact) mass is 467 g/mol. The van der Waals surface area contributed by atoms with Gasteiger partial charge in [0, 0.05) is 28.3 Å². The topological polar surface area (TPSA) is 91.3 Å². The molecule has 0 aromatic heterocycles. The van der Waals surface area contributed by atoms with E-state index in [0.717, 1.165) is 5.56 Å². The van der Waals surface area contributed by atoms with Gasteiger partial charge in [-0.25, -0.2) is 4.79 Å². The normalized spacial score (nSPS) is 18.9. The molecule has 4 rings (SSSR count). The molecule has 0 spiro atoms. The number of aliphatic imine (C=N–C) groups is 1. The molecule has 170 valence electrons. The first kappa shape index (κ1) is 22.7. The Hall–Kier alpha value is -3.45. The minimum absolute atomic E-state index is 0.172. The van der Waals surface area contributed by atoms with Crippen molar-refractivity contribution in [3.8, 4) is 5.75 Å². The molecule has 1 aliphatic heterocycles. The lowest BCUT2D eigenvalue weighted by atomic mass is 9.75. The van der Waals surface area contributed by atoms with Gasteiger partial charge in [0.05, 0.1) is 24.4 Å². The molecule has 33 heavy (non-hydrogen) atoms. The summed E-state index contributed by atoms with van der Waals surface area (Å²) in [5.41, 5.74) is 3.49. The van der Waals surface area contributed by atoms with E-state index in [4.69, 9.17) is 25.8 Å². The first-order valence-corrected chi connectivity index (χ1v) is 10.8. The lowest BCUT2D eigenvalue weighted by molar-refractivity contribution is -0.145. The third-order valence-corrected chi connectivity index (χ3v) is 6.03. The van der Waals surface area contributed by atoms with Gasteiger partial charge in [-0.15, -0.1) is 0 Å². The zero-order valence-electron chi connectivity index (χ0n) is 18.4. The average Bonchev–Trinajstić information content (AvgIpc) is 3.09. The second-order valence-corrected chi connectivity index (χ2v) is 8.06. The van der Waals surface area contributed by atoms with Crippen molar-refractivity contribution < 1.29 is 28.6 Å². The van der Waals surface area contributed by atoms with Gasteiger partial charge in [0.25, 0.3) is 0 Å². The van der Waals surface area contributed by atoms with E-state index < -0.39 is 23.8 Å². The van der Waals surface area contributed by atoms with Crippen molar-refractivity contribution in [3.63, 3.8) is 0 Å². The Labute approximate surface area is 196 Å². The number of halogens is 1. The zero-order valence-corrected chi connectivity index (χ0v) is 19.1. The number of esters is 2. The first-order valence-electron chi connectivity index (χ1n) is 10.5. The van der Waals surface area contributed by atoms with Crippen LogP contribution in [0, 0.1) is 5.92 Å². The summed E-state index contributed by atoms with van der Waals surface area (Å²) < 4.78 is 15.4. The predicted octanol–water partition coefficient (Wildman–Crippen LogP) is 4.24. The Kier molecular flexibility index (Phi) is 6.33. The summed E-state index contributed by atoms with van der Waals surface area (Å²) >= 11 is 6.45. The van der Waals surface area contributed by atoms with E-state index in [1.165, 1.54) is 7.11 Å². The third-order valence-electron chi connectivity index (χ3n) is 5.73. The quantitative estimate of drug-likeness (QED) is 0.590. The largest absolute Gasteiger partial charge is 0.480 e.